The molecule has 0 atom stereocenters. The summed E-state index contributed by atoms with van der Waals surface area (Å²) in [6.45, 7) is -0.182. The number of nitrogen functional groups attached to an aromatic ring is 1. The van der Waals surface area contributed by atoms with Gasteiger partial charge in [-0.1, -0.05) is 0 Å². The first-order valence-corrected chi connectivity index (χ1v) is 7.47. The molecule has 0 aliphatic heterocycles. The topological polar surface area (TPSA) is 64.3 Å². The van der Waals surface area contributed by atoms with Crippen molar-refractivity contribution in [2.45, 2.75) is 0 Å². The molecule has 21 heavy (non-hydrogen) atoms. The van der Waals surface area contributed by atoms with Gasteiger partial charge in [-0.2, -0.15) is 0 Å². The maximum atomic E-state index is 12.8. The Morgan fingerprint density at radius 2 is 1.76 bits per heavy atom. The van der Waals surface area contributed by atoms with Gasteiger partial charge < -0.3 is 15.8 Å². The molecule has 0 aliphatic rings. The Kier molecular flexibility index (Phi) is 5.19. The summed E-state index contributed by atoms with van der Waals surface area (Å²) in [4.78, 5) is 11.8. The predicted octanol–water partition coefficient (Wildman–Crippen LogP) is 3.95. The average molecular weight is 418 g/mol. The van der Waals surface area contributed by atoms with Gasteiger partial charge in [0.05, 0.1) is 8.95 Å². The molecule has 0 fully saturated rings. The van der Waals surface area contributed by atoms with Crippen LogP contribution in [0.3, 0.4) is 0 Å². The van der Waals surface area contributed by atoms with Crippen LogP contribution in [0.25, 0.3) is 0 Å². The Balaban J connectivity index is 1.97. The minimum Gasteiger partial charge on any atom is -0.481 e. The smallest absolute Gasteiger partial charge is 0.262 e. The zero-order chi connectivity index (χ0) is 15.4. The van der Waals surface area contributed by atoms with Gasteiger partial charge in [0.15, 0.2) is 6.61 Å². The lowest BCUT2D eigenvalue weighted by Crippen LogP contribution is -2.20. The molecule has 2 aromatic carbocycles. The van der Waals surface area contributed by atoms with E-state index in [1.54, 1.807) is 12.1 Å². The van der Waals surface area contributed by atoms with Crippen LogP contribution in [0, 0.1) is 5.82 Å². The molecular formula is C14H11Br2FN2O2. The zero-order valence-corrected chi connectivity index (χ0v) is 13.9. The van der Waals surface area contributed by atoms with Gasteiger partial charge in [0.25, 0.3) is 5.91 Å². The van der Waals surface area contributed by atoms with Gasteiger partial charge in [0, 0.05) is 11.4 Å². The predicted molar refractivity (Wildman–Crippen MR) is 86.8 cm³/mol. The Morgan fingerprint density at radius 1 is 1.19 bits per heavy atom. The van der Waals surface area contributed by atoms with Crippen LogP contribution in [0.5, 0.6) is 5.75 Å². The largest absolute Gasteiger partial charge is 0.481 e. The van der Waals surface area contributed by atoms with E-state index >= 15 is 0 Å². The number of nitrogens with one attached hydrogen (secondary N) is 1. The maximum Gasteiger partial charge on any atom is 0.262 e. The van der Waals surface area contributed by atoms with Crippen molar-refractivity contribution >= 4 is 49.1 Å². The van der Waals surface area contributed by atoms with Crippen LogP contribution in [-0.2, 0) is 4.79 Å². The lowest BCUT2D eigenvalue weighted by atomic mass is 10.3. The van der Waals surface area contributed by atoms with Crippen LogP contribution in [-0.4, -0.2) is 12.5 Å². The molecule has 0 saturated carbocycles. The number of nitrogens with two attached hydrogens (primary N) is 1. The molecule has 0 bridgehead atoms. The van der Waals surface area contributed by atoms with E-state index < -0.39 is 0 Å². The van der Waals surface area contributed by atoms with E-state index in [0.717, 1.165) is 0 Å². The van der Waals surface area contributed by atoms with E-state index in [1.165, 1.54) is 24.3 Å². The summed E-state index contributed by atoms with van der Waals surface area (Å²) in [7, 11) is 0. The molecule has 2 aromatic rings. The van der Waals surface area contributed by atoms with E-state index in [9.17, 15) is 9.18 Å². The van der Waals surface area contributed by atoms with Crippen molar-refractivity contribution in [3.05, 3.63) is 51.2 Å². The summed E-state index contributed by atoms with van der Waals surface area (Å²) in [6.07, 6.45) is 0. The first kappa shape index (κ1) is 15.8. The van der Waals surface area contributed by atoms with Gasteiger partial charge in [-0.15, -0.1) is 0 Å². The number of amides is 1. The van der Waals surface area contributed by atoms with Gasteiger partial charge in [0.2, 0.25) is 0 Å². The number of benzene rings is 2. The first-order chi connectivity index (χ1) is 9.95. The SMILES string of the molecule is Nc1cc(Br)c(OCC(=O)Nc2ccc(F)cc2)c(Br)c1. The molecule has 0 aromatic heterocycles. The molecule has 3 N–H and O–H groups in total. The summed E-state index contributed by atoms with van der Waals surface area (Å²) in [6, 6.07) is 8.84. The second-order valence-electron chi connectivity index (χ2n) is 4.16. The molecule has 0 saturated heterocycles. The number of carbonyl (C=O) groups excluding carboxylic acids is 1. The molecule has 110 valence electrons. The van der Waals surface area contributed by atoms with Gasteiger partial charge in [-0.05, 0) is 68.3 Å². The van der Waals surface area contributed by atoms with Gasteiger partial charge in [-0.3, -0.25) is 4.79 Å². The van der Waals surface area contributed by atoms with Crippen molar-refractivity contribution in [3.8, 4) is 5.75 Å². The second-order valence-corrected chi connectivity index (χ2v) is 5.87. The van der Waals surface area contributed by atoms with Crippen LogP contribution in [0.2, 0.25) is 0 Å². The van der Waals surface area contributed by atoms with E-state index in [0.29, 0.717) is 26.1 Å². The monoisotopic (exact) mass is 416 g/mol. The van der Waals surface area contributed by atoms with Crippen LogP contribution in [0.1, 0.15) is 0 Å². The third kappa shape index (κ3) is 4.44. The molecule has 7 heteroatoms. The second kappa shape index (κ2) is 6.91. The average Bonchev–Trinajstić information content (AvgIpc) is 2.40. The van der Waals surface area contributed by atoms with E-state index in [-0.39, 0.29) is 18.3 Å². The van der Waals surface area contributed by atoms with Gasteiger partial charge in [-0.25, -0.2) is 4.39 Å². The van der Waals surface area contributed by atoms with Crippen LogP contribution < -0.4 is 15.8 Å². The molecule has 0 aliphatic carbocycles. The molecule has 0 spiro atoms. The minimum absolute atomic E-state index is 0.182. The van der Waals surface area contributed by atoms with Crippen molar-refractivity contribution in [1.82, 2.24) is 0 Å². The highest BCUT2D eigenvalue weighted by Gasteiger charge is 2.10. The summed E-state index contributed by atoms with van der Waals surface area (Å²) < 4.78 is 19.5. The molecule has 0 radical (unpaired) electrons. The minimum atomic E-state index is -0.362. The maximum absolute atomic E-state index is 12.8. The van der Waals surface area contributed by atoms with Crippen molar-refractivity contribution in [3.63, 3.8) is 0 Å². The Morgan fingerprint density at radius 3 is 2.33 bits per heavy atom. The summed E-state index contributed by atoms with van der Waals surface area (Å²) >= 11 is 6.63. The van der Waals surface area contributed by atoms with E-state index in [2.05, 4.69) is 37.2 Å². The Bertz CT molecular complexity index is 640. The standard InChI is InChI=1S/C14H11Br2FN2O2/c15-11-5-9(18)6-12(16)14(11)21-7-13(20)19-10-3-1-8(17)2-4-10/h1-6H,7,18H2,(H,19,20). The molecule has 4 nitrogen and oxygen atoms in total. The highest BCUT2D eigenvalue weighted by atomic mass is 79.9. The highest BCUT2D eigenvalue weighted by molar-refractivity contribution is 9.11. The third-order valence-electron chi connectivity index (χ3n) is 2.50. The summed E-state index contributed by atoms with van der Waals surface area (Å²) in [5.41, 5.74) is 6.74. The Labute approximate surface area is 137 Å². The number of ether oxygens (including phenoxy) is 1. The summed E-state index contributed by atoms with van der Waals surface area (Å²) in [5, 5.41) is 2.60. The summed E-state index contributed by atoms with van der Waals surface area (Å²) in [5.74, 6) is -0.227. The number of carbonyl (C=O) groups is 1. The number of hydrogen-bond acceptors (Lipinski definition) is 3. The number of anilines is 2. The van der Waals surface area contributed by atoms with Crippen molar-refractivity contribution in [2.24, 2.45) is 0 Å². The quantitative estimate of drug-likeness (QED) is 0.740. The van der Waals surface area contributed by atoms with Crippen molar-refractivity contribution in [1.29, 1.82) is 0 Å². The van der Waals surface area contributed by atoms with Crippen LogP contribution in [0.4, 0.5) is 15.8 Å². The lowest BCUT2D eigenvalue weighted by molar-refractivity contribution is -0.118. The molecular weight excluding hydrogens is 407 g/mol. The fraction of sp³-hybridized carbons (Fsp3) is 0.0714. The van der Waals surface area contributed by atoms with Gasteiger partial charge in [0.1, 0.15) is 11.6 Å². The van der Waals surface area contributed by atoms with Crippen LogP contribution in [0.15, 0.2) is 45.3 Å². The Hall–Kier alpha value is -1.60. The highest BCUT2D eigenvalue weighted by Crippen LogP contribution is 2.35. The van der Waals surface area contributed by atoms with Gasteiger partial charge >= 0.3 is 0 Å². The lowest BCUT2D eigenvalue weighted by Gasteiger charge is -2.11. The molecule has 0 unspecified atom stereocenters. The van der Waals surface area contributed by atoms with E-state index in [1.807, 2.05) is 0 Å². The first-order valence-electron chi connectivity index (χ1n) is 5.88. The molecule has 0 heterocycles. The number of hydrogen-bond donors (Lipinski definition) is 2. The van der Waals surface area contributed by atoms with Crippen molar-refractivity contribution in [2.75, 3.05) is 17.7 Å². The third-order valence-corrected chi connectivity index (χ3v) is 3.67. The van der Waals surface area contributed by atoms with Crippen molar-refractivity contribution < 1.29 is 13.9 Å². The van der Waals surface area contributed by atoms with E-state index in [4.69, 9.17) is 10.5 Å². The normalized spacial score (nSPS) is 10.2. The zero-order valence-electron chi connectivity index (χ0n) is 10.7. The number of halogens is 3. The van der Waals surface area contributed by atoms with Crippen LogP contribution >= 0.6 is 31.9 Å². The number of rotatable bonds is 4. The fourth-order valence-electron chi connectivity index (χ4n) is 1.59. The molecule has 1 amide bonds. The molecule has 2 rings (SSSR count). The fourth-order valence-corrected chi connectivity index (χ4v) is 3.04.